The van der Waals surface area contributed by atoms with Crippen LogP contribution in [0.5, 0.6) is 5.75 Å². The average molecular weight is 444 g/mol. The molecule has 0 aliphatic carbocycles. The van der Waals surface area contributed by atoms with Crippen molar-refractivity contribution in [2.75, 3.05) is 13.2 Å². The predicted octanol–water partition coefficient (Wildman–Crippen LogP) is 4.68. The summed E-state index contributed by atoms with van der Waals surface area (Å²) in [5.74, 6) is 0.828. The molecule has 0 unspecified atom stereocenters. The molecule has 0 aliphatic heterocycles. The molecule has 0 amide bonds. The first kappa shape index (κ1) is 22.7. The number of nitrogens with two attached hydrogens (primary N) is 1. The summed E-state index contributed by atoms with van der Waals surface area (Å²) in [5, 5.41) is 19.3. The van der Waals surface area contributed by atoms with Crippen molar-refractivity contribution in [2.45, 2.75) is 34.8 Å². The number of aliphatic hydroxyl groups excluding tert-OH is 2. The van der Waals surface area contributed by atoms with Gasteiger partial charge in [-0.15, -0.1) is 0 Å². The number of aliphatic hydroxyl groups is 2. The van der Waals surface area contributed by atoms with Gasteiger partial charge in [0.1, 0.15) is 12.4 Å². The Labute approximate surface area is 186 Å². The number of halogens is 1. The van der Waals surface area contributed by atoms with Crippen molar-refractivity contribution in [3.8, 4) is 5.75 Å². The SMILES string of the molecule is NC(CO)(CO)CCc1ccc(Sc2ccc(OCc3ccccc3)cc2)cc1Cl. The standard InChI is InChI=1S/C24H26ClNO3S/c25-23-14-22(9-6-19(23)12-13-24(26,16-27)17-28)30-21-10-7-20(8-11-21)29-15-18-4-2-1-3-5-18/h1-11,14,27-28H,12-13,15-17,26H2. The molecule has 158 valence electrons. The van der Waals surface area contributed by atoms with Crippen molar-refractivity contribution in [3.05, 3.63) is 88.9 Å². The van der Waals surface area contributed by atoms with Crippen molar-refractivity contribution < 1.29 is 14.9 Å². The molecular formula is C24H26ClNO3S. The lowest BCUT2D eigenvalue weighted by Gasteiger charge is -2.24. The van der Waals surface area contributed by atoms with E-state index in [1.54, 1.807) is 11.8 Å². The number of hydrogen-bond donors (Lipinski definition) is 3. The number of aryl methyl sites for hydroxylation is 1. The summed E-state index contributed by atoms with van der Waals surface area (Å²) < 4.78 is 5.83. The Morgan fingerprint density at radius 3 is 2.20 bits per heavy atom. The smallest absolute Gasteiger partial charge is 0.119 e. The largest absolute Gasteiger partial charge is 0.489 e. The zero-order chi connectivity index (χ0) is 21.4. The fourth-order valence-corrected chi connectivity index (χ4v) is 4.06. The van der Waals surface area contributed by atoms with E-state index in [-0.39, 0.29) is 13.2 Å². The second-order valence-corrected chi connectivity index (χ2v) is 8.83. The number of benzene rings is 3. The molecule has 0 aromatic heterocycles. The number of hydrogen-bond acceptors (Lipinski definition) is 5. The number of rotatable bonds is 10. The Morgan fingerprint density at radius 1 is 0.900 bits per heavy atom. The highest BCUT2D eigenvalue weighted by atomic mass is 35.5. The highest BCUT2D eigenvalue weighted by Crippen LogP contribution is 2.32. The molecule has 3 rings (SSSR count). The molecule has 0 spiro atoms. The molecule has 4 N–H and O–H groups in total. The summed E-state index contributed by atoms with van der Waals surface area (Å²) in [5.41, 5.74) is 7.03. The maximum Gasteiger partial charge on any atom is 0.119 e. The summed E-state index contributed by atoms with van der Waals surface area (Å²) >= 11 is 8.06. The second kappa shape index (κ2) is 10.8. The lowest BCUT2D eigenvalue weighted by molar-refractivity contribution is 0.115. The first-order valence-electron chi connectivity index (χ1n) is 9.75. The van der Waals surface area contributed by atoms with Crippen LogP contribution < -0.4 is 10.5 Å². The summed E-state index contributed by atoms with van der Waals surface area (Å²) in [6.45, 7) is 0.0152. The van der Waals surface area contributed by atoms with Crippen LogP contribution >= 0.6 is 23.4 Å². The molecule has 0 heterocycles. The van der Waals surface area contributed by atoms with E-state index in [4.69, 9.17) is 22.1 Å². The maximum absolute atomic E-state index is 9.32. The molecule has 0 saturated carbocycles. The Hall–Kier alpha value is -2.02. The van der Waals surface area contributed by atoms with Gasteiger partial charge in [0.2, 0.25) is 0 Å². The van der Waals surface area contributed by atoms with E-state index in [9.17, 15) is 10.2 Å². The van der Waals surface area contributed by atoms with Crippen LogP contribution in [-0.4, -0.2) is 29.0 Å². The van der Waals surface area contributed by atoms with E-state index >= 15 is 0 Å². The van der Waals surface area contributed by atoms with E-state index in [2.05, 4.69) is 0 Å². The lowest BCUT2D eigenvalue weighted by Crippen LogP contribution is -2.47. The molecule has 0 saturated heterocycles. The van der Waals surface area contributed by atoms with Gasteiger partial charge in [-0.25, -0.2) is 0 Å². The summed E-state index contributed by atoms with van der Waals surface area (Å²) in [6, 6.07) is 24.0. The van der Waals surface area contributed by atoms with Crippen LogP contribution in [-0.2, 0) is 13.0 Å². The molecular weight excluding hydrogens is 418 g/mol. The normalized spacial score (nSPS) is 11.5. The van der Waals surface area contributed by atoms with Gasteiger partial charge < -0.3 is 20.7 Å². The van der Waals surface area contributed by atoms with Crippen LogP contribution in [0.15, 0.2) is 82.6 Å². The van der Waals surface area contributed by atoms with Gasteiger partial charge >= 0.3 is 0 Å². The fourth-order valence-electron chi connectivity index (χ4n) is 2.87. The Bertz CT molecular complexity index is 931. The van der Waals surface area contributed by atoms with E-state index in [1.807, 2.05) is 72.8 Å². The average Bonchev–Trinajstić information content (AvgIpc) is 2.78. The van der Waals surface area contributed by atoms with E-state index < -0.39 is 5.54 Å². The fraction of sp³-hybridized carbons (Fsp3) is 0.250. The van der Waals surface area contributed by atoms with Crippen LogP contribution in [0, 0.1) is 0 Å². The molecule has 6 heteroatoms. The monoisotopic (exact) mass is 443 g/mol. The van der Waals surface area contributed by atoms with Crippen LogP contribution in [0.4, 0.5) is 0 Å². The first-order chi connectivity index (χ1) is 14.5. The third-order valence-electron chi connectivity index (χ3n) is 4.85. The zero-order valence-electron chi connectivity index (χ0n) is 16.6. The van der Waals surface area contributed by atoms with Crippen molar-refractivity contribution in [1.29, 1.82) is 0 Å². The van der Waals surface area contributed by atoms with Gasteiger partial charge in [-0.05, 0) is 60.4 Å². The van der Waals surface area contributed by atoms with Gasteiger partial charge in [0.05, 0.1) is 18.8 Å². The quantitative estimate of drug-likeness (QED) is 0.424. The van der Waals surface area contributed by atoms with Gasteiger partial charge in [-0.1, -0.05) is 59.8 Å². The number of ether oxygens (including phenoxy) is 1. The van der Waals surface area contributed by atoms with Crippen molar-refractivity contribution in [3.63, 3.8) is 0 Å². The van der Waals surface area contributed by atoms with E-state index in [0.29, 0.717) is 24.5 Å². The summed E-state index contributed by atoms with van der Waals surface area (Å²) in [7, 11) is 0. The molecule has 0 radical (unpaired) electrons. The van der Waals surface area contributed by atoms with Crippen LogP contribution in [0.25, 0.3) is 0 Å². The Kier molecular flexibility index (Phi) is 8.19. The first-order valence-corrected chi connectivity index (χ1v) is 10.9. The zero-order valence-corrected chi connectivity index (χ0v) is 18.2. The van der Waals surface area contributed by atoms with Crippen LogP contribution in [0.3, 0.4) is 0 Å². The minimum absolute atomic E-state index is 0.264. The second-order valence-electron chi connectivity index (χ2n) is 7.28. The molecule has 3 aromatic carbocycles. The molecule has 3 aromatic rings. The van der Waals surface area contributed by atoms with Crippen molar-refractivity contribution >= 4 is 23.4 Å². The van der Waals surface area contributed by atoms with Crippen LogP contribution in [0.2, 0.25) is 5.02 Å². The van der Waals surface area contributed by atoms with Gasteiger partial charge in [0.15, 0.2) is 0 Å². The van der Waals surface area contributed by atoms with Gasteiger partial charge in [0, 0.05) is 14.8 Å². The van der Waals surface area contributed by atoms with E-state index in [0.717, 1.165) is 26.7 Å². The molecule has 0 atom stereocenters. The summed E-state index contributed by atoms with van der Waals surface area (Å²) in [4.78, 5) is 2.12. The third-order valence-corrected chi connectivity index (χ3v) is 6.20. The Balaban J connectivity index is 1.56. The van der Waals surface area contributed by atoms with Crippen LogP contribution in [0.1, 0.15) is 17.5 Å². The van der Waals surface area contributed by atoms with Crippen molar-refractivity contribution in [1.82, 2.24) is 0 Å². The van der Waals surface area contributed by atoms with Gasteiger partial charge in [-0.2, -0.15) is 0 Å². The van der Waals surface area contributed by atoms with Gasteiger partial charge in [0.25, 0.3) is 0 Å². The highest BCUT2D eigenvalue weighted by Gasteiger charge is 2.23. The van der Waals surface area contributed by atoms with Crippen molar-refractivity contribution in [2.24, 2.45) is 5.73 Å². The van der Waals surface area contributed by atoms with Gasteiger partial charge in [-0.3, -0.25) is 0 Å². The third kappa shape index (κ3) is 6.49. The topological polar surface area (TPSA) is 75.7 Å². The summed E-state index contributed by atoms with van der Waals surface area (Å²) in [6.07, 6.45) is 1.05. The maximum atomic E-state index is 9.32. The lowest BCUT2D eigenvalue weighted by atomic mass is 9.94. The molecule has 0 bridgehead atoms. The predicted molar refractivity (Wildman–Crippen MR) is 122 cm³/mol. The Morgan fingerprint density at radius 2 is 1.57 bits per heavy atom. The molecule has 0 aliphatic rings. The minimum atomic E-state index is -0.985. The molecule has 30 heavy (non-hydrogen) atoms. The molecule has 0 fully saturated rings. The van der Waals surface area contributed by atoms with E-state index in [1.165, 1.54) is 0 Å². The minimum Gasteiger partial charge on any atom is -0.489 e. The highest BCUT2D eigenvalue weighted by molar-refractivity contribution is 7.99. The molecule has 4 nitrogen and oxygen atoms in total.